The molecule has 0 radical (unpaired) electrons. The van der Waals surface area contributed by atoms with Crippen LogP contribution in [0.1, 0.15) is 5.56 Å². The van der Waals surface area contributed by atoms with Crippen molar-refractivity contribution in [3.8, 4) is 5.75 Å². The topological polar surface area (TPSA) is 12.5 Å². The van der Waals surface area contributed by atoms with Crippen molar-refractivity contribution in [3.05, 3.63) is 58.5 Å². The zero-order chi connectivity index (χ0) is 17.0. The van der Waals surface area contributed by atoms with Crippen molar-refractivity contribution in [1.82, 2.24) is 4.90 Å². The summed E-state index contributed by atoms with van der Waals surface area (Å²) in [5.74, 6) is 0.108. The molecule has 0 fully saturated rings. The van der Waals surface area contributed by atoms with Crippen molar-refractivity contribution in [2.75, 3.05) is 18.7 Å². The van der Waals surface area contributed by atoms with Gasteiger partial charge in [0.1, 0.15) is 17.5 Å². The Kier molecular flexibility index (Phi) is 6.24. The van der Waals surface area contributed by atoms with E-state index in [1.54, 1.807) is 18.2 Å². The van der Waals surface area contributed by atoms with Crippen LogP contribution in [0.2, 0.25) is 0 Å². The first-order chi connectivity index (χ1) is 11.0. The zero-order valence-corrected chi connectivity index (χ0v) is 14.8. The van der Waals surface area contributed by atoms with Gasteiger partial charge >= 0.3 is 0 Å². The van der Waals surface area contributed by atoms with Crippen molar-refractivity contribution < 1.29 is 17.9 Å². The Balaban J connectivity index is 2.51. The Bertz CT molecular complexity index is 661. The number of rotatable bonds is 6. The number of ether oxygens (including phenoxy) is 1. The fraction of sp³-hybridized carbons (Fsp3) is 0.250. The third kappa shape index (κ3) is 4.14. The molecule has 0 aliphatic carbocycles. The first-order valence-electron chi connectivity index (χ1n) is 6.68. The molecule has 0 bridgehead atoms. The van der Waals surface area contributed by atoms with Gasteiger partial charge in [0, 0.05) is 10.2 Å². The van der Waals surface area contributed by atoms with Crippen LogP contribution >= 0.6 is 27.7 Å². The molecule has 1 aromatic carbocycles. The van der Waals surface area contributed by atoms with Crippen LogP contribution in [0.4, 0.5) is 13.2 Å². The molecule has 0 amide bonds. The molecule has 2 nitrogen and oxygen atoms in total. The van der Waals surface area contributed by atoms with E-state index in [1.807, 2.05) is 6.26 Å². The van der Waals surface area contributed by atoms with Crippen LogP contribution < -0.4 is 4.74 Å². The summed E-state index contributed by atoms with van der Waals surface area (Å²) in [6.07, 6.45) is 2.50. The Hall–Kier alpha value is -1.34. The van der Waals surface area contributed by atoms with E-state index in [9.17, 15) is 13.2 Å². The maximum Gasteiger partial charge on any atom is 0.256 e. The summed E-state index contributed by atoms with van der Waals surface area (Å²) >= 11 is 4.70. The lowest BCUT2D eigenvalue weighted by atomic mass is 10.0. The van der Waals surface area contributed by atoms with Crippen molar-refractivity contribution in [2.45, 2.75) is 6.43 Å². The molecule has 0 N–H and O–H groups in total. The number of hydrogen-bond donors (Lipinski definition) is 0. The van der Waals surface area contributed by atoms with Gasteiger partial charge in [-0.3, -0.25) is 0 Å². The molecule has 0 atom stereocenters. The summed E-state index contributed by atoms with van der Waals surface area (Å²) in [6.45, 7) is 3.22. The molecule has 1 heterocycles. The van der Waals surface area contributed by atoms with Gasteiger partial charge in [-0.2, -0.15) is 0 Å². The fourth-order valence-corrected chi connectivity index (χ4v) is 2.76. The minimum absolute atomic E-state index is 0.152. The Morgan fingerprint density at radius 1 is 1.35 bits per heavy atom. The number of nitrogens with zero attached hydrogens (tertiary/aromatic N) is 1. The average molecular weight is 406 g/mol. The van der Waals surface area contributed by atoms with Crippen LogP contribution in [0.25, 0.3) is 5.70 Å². The molecule has 0 aromatic heterocycles. The second-order valence-electron chi connectivity index (χ2n) is 4.68. The third-order valence-corrected chi connectivity index (χ3v) is 4.24. The summed E-state index contributed by atoms with van der Waals surface area (Å²) < 4.78 is 46.4. The normalized spacial score (nSPS) is 14.9. The number of allylic oxidation sites excluding steroid dienone is 3. The van der Waals surface area contributed by atoms with Gasteiger partial charge in [0.15, 0.2) is 0 Å². The molecule has 23 heavy (non-hydrogen) atoms. The second-order valence-corrected chi connectivity index (χ2v) is 6.35. The van der Waals surface area contributed by atoms with E-state index in [-0.39, 0.29) is 5.56 Å². The summed E-state index contributed by atoms with van der Waals surface area (Å²) in [4.78, 5) is 1.29. The highest BCUT2D eigenvalue weighted by Gasteiger charge is 2.27. The highest BCUT2D eigenvalue weighted by atomic mass is 79.9. The van der Waals surface area contributed by atoms with E-state index >= 15 is 0 Å². The SMILES string of the molecule is C=C1C(Br)=CC=C(c2c(F)cccc2OCSC)N1CC(F)F. The van der Waals surface area contributed by atoms with Gasteiger partial charge in [-0.1, -0.05) is 12.6 Å². The van der Waals surface area contributed by atoms with Crippen molar-refractivity contribution in [1.29, 1.82) is 0 Å². The zero-order valence-electron chi connectivity index (χ0n) is 12.4. The van der Waals surface area contributed by atoms with E-state index in [2.05, 4.69) is 22.5 Å². The predicted molar refractivity (Wildman–Crippen MR) is 92.2 cm³/mol. The molecular weight excluding hydrogens is 391 g/mol. The Morgan fingerprint density at radius 2 is 2.09 bits per heavy atom. The van der Waals surface area contributed by atoms with Gasteiger partial charge in [0.2, 0.25) is 0 Å². The van der Waals surface area contributed by atoms with Crippen LogP contribution in [0.5, 0.6) is 5.75 Å². The van der Waals surface area contributed by atoms with Crippen molar-refractivity contribution >= 4 is 33.4 Å². The molecule has 1 aliphatic heterocycles. The molecule has 0 spiro atoms. The fourth-order valence-electron chi connectivity index (χ4n) is 2.17. The van der Waals surface area contributed by atoms with Gasteiger partial charge < -0.3 is 9.64 Å². The van der Waals surface area contributed by atoms with Gasteiger partial charge in [-0.15, -0.1) is 11.8 Å². The largest absolute Gasteiger partial charge is 0.482 e. The maximum absolute atomic E-state index is 14.4. The third-order valence-electron chi connectivity index (χ3n) is 3.16. The van der Waals surface area contributed by atoms with E-state index in [1.165, 1.54) is 28.8 Å². The van der Waals surface area contributed by atoms with E-state index in [0.717, 1.165) is 0 Å². The molecule has 1 aromatic rings. The van der Waals surface area contributed by atoms with E-state index in [4.69, 9.17) is 4.74 Å². The van der Waals surface area contributed by atoms with Crippen LogP contribution in [-0.2, 0) is 0 Å². The summed E-state index contributed by atoms with van der Waals surface area (Å²) in [5, 5.41) is 0. The molecule has 1 aliphatic rings. The molecule has 124 valence electrons. The van der Waals surface area contributed by atoms with Crippen LogP contribution in [0, 0.1) is 5.82 Å². The van der Waals surface area contributed by atoms with Crippen LogP contribution in [0.15, 0.2) is 47.1 Å². The summed E-state index contributed by atoms with van der Waals surface area (Å²) in [7, 11) is 0. The lowest BCUT2D eigenvalue weighted by molar-refractivity contribution is 0.123. The lowest BCUT2D eigenvalue weighted by Gasteiger charge is -2.32. The first kappa shape index (κ1) is 18.0. The smallest absolute Gasteiger partial charge is 0.256 e. The monoisotopic (exact) mass is 405 g/mol. The van der Waals surface area contributed by atoms with Gasteiger partial charge in [-0.25, -0.2) is 13.2 Å². The predicted octanol–water partition coefficient (Wildman–Crippen LogP) is 5.24. The van der Waals surface area contributed by atoms with Gasteiger partial charge in [0.05, 0.1) is 17.8 Å². The molecule has 0 saturated carbocycles. The average Bonchev–Trinajstić information content (AvgIpc) is 2.50. The van der Waals surface area contributed by atoms with Crippen molar-refractivity contribution in [2.24, 2.45) is 0 Å². The van der Waals surface area contributed by atoms with Crippen molar-refractivity contribution in [3.63, 3.8) is 0 Å². The second kappa shape index (κ2) is 7.97. The number of halogens is 4. The lowest BCUT2D eigenvalue weighted by Crippen LogP contribution is -2.29. The van der Waals surface area contributed by atoms with E-state index in [0.29, 0.717) is 27.6 Å². The maximum atomic E-state index is 14.4. The number of benzene rings is 1. The molecule has 0 unspecified atom stereocenters. The van der Waals surface area contributed by atoms with Crippen LogP contribution in [0.3, 0.4) is 0 Å². The Morgan fingerprint density at radius 3 is 2.74 bits per heavy atom. The molecule has 7 heteroatoms. The van der Waals surface area contributed by atoms with Gasteiger partial charge in [-0.05, 0) is 46.5 Å². The highest BCUT2D eigenvalue weighted by Crippen LogP contribution is 2.38. The summed E-state index contributed by atoms with van der Waals surface area (Å²) in [5.41, 5.74) is 0.800. The highest BCUT2D eigenvalue weighted by molar-refractivity contribution is 9.12. The number of thioether (sulfide) groups is 1. The minimum atomic E-state index is -2.59. The molecule has 2 rings (SSSR count). The molecule has 0 saturated heterocycles. The van der Waals surface area contributed by atoms with Crippen LogP contribution in [-0.4, -0.2) is 30.1 Å². The summed E-state index contributed by atoms with van der Waals surface area (Å²) in [6, 6.07) is 4.42. The first-order valence-corrected chi connectivity index (χ1v) is 8.87. The van der Waals surface area contributed by atoms with E-state index < -0.39 is 18.8 Å². The molecular formula is C16H15BrF3NOS. The number of hydrogen-bond acceptors (Lipinski definition) is 3. The Labute approximate surface area is 145 Å². The minimum Gasteiger partial charge on any atom is -0.482 e. The standard InChI is InChI=1S/C16H15BrF3NOS/c1-10-11(17)6-7-13(21(10)8-15(19)20)16-12(18)4-3-5-14(16)22-9-23-2/h3-7,15H,1,8-9H2,2H3. The van der Waals surface area contributed by atoms with Gasteiger partial charge in [0.25, 0.3) is 6.43 Å². The quantitative estimate of drug-likeness (QED) is 0.600. The number of alkyl halides is 2.